The van der Waals surface area contributed by atoms with Gasteiger partial charge in [0, 0.05) is 6.54 Å². The van der Waals surface area contributed by atoms with Crippen LogP contribution < -0.4 is 19.5 Å². The van der Waals surface area contributed by atoms with Crippen LogP contribution >= 0.6 is 0 Å². The summed E-state index contributed by atoms with van der Waals surface area (Å²) in [5.41, 5.74) is 2.01. The average Bonchev–Trinajstić information content (AvgIpc) is 2.61. The van der Waals surface area contributed by atoms with Gasteiger partial charge < -0.3 is 19.5 Å². The predicted octanol–water partition coefficient (Wildman–Crippen LogP) is 2.61. The third-order valence-electron chi connectivity index (χ3n) is 3.67. The molecule has 0 aliphatic carbocycles. The molecule has 5 heteroatoms. The highest BCUT2D eigenvalue weighted by Gasteiger charge is 2.14. The molecule has 24 heavy (non-hydrogen) atoms. The Hall–Kier alpha value is -2.69. The van der Waals surface area contributed by atoms with Crippen LogP contribution in [0.4, 0.5) is 0 Å². The van der Waals surface area contributed by atoms with Crippen LogP contribution in [0, 0.1) is 0 Å². The highest BCUT2D eigenvalue weighted by molar-refractivity contribution is 5.79. The molecule has 2 aromatic carbocycles. The summed E-state index contributed by atoms with van der Waals surface area (Å²) in [7, 11) is 4.67. The summed E-state index contributed by atoms with van der Waals surface area (Å²) in [5.74, 6) is 1.57. The number of ether oxygens (including phenoxy) is 3. The minimum Gasteiger partial charge on any atom is -0.493 e. The van der Waals surface area contributed by atoms with E-state index in [4.69, 9.17) is 14.2 Å². The lowest BCUT2D eigenvalue weighted by molar-refractivity contribution is -0.120. The Kier molecular flexibility index (Phi) is 6.49. The highest BCUT2D eigenvalue weighted by Crippen LogP contribution is 2.38. The first-order chi connectivity index (χ1) is 11.7. The van der Waals surface area contributed by atoms with E-state index in [9.17, 15) is 4.79 Å². The maximum absolute atomic E-state index is 12.1. The average molecular weight is 329 g/mol. The van der Waals surface area contributed by atoms with E-state index < -0.39 is 0 Å². The molecule has 2 aromatic rings. The number of nitrogens with one attached hydrogen (secondary N) is 1. The van der Waals surface area contributed by atoms with Crippen LogP contribution in [-0.4, -0.2) is 33.8 Å². The fraction of sp³-hybridized carbons (Fsp3) is 0.316. The molecule has 1 N–H and O–H groups in total. The number of amides is 1. The van der Waals surface area contributed by atoms with Crippen LogP contribution in [0.2, 0.25) is 0 Å². The monoisotopic (exact) mass is 329 g/mol. The predicted molar refractivity (Wildman–Crippen MR) is 93.0 cm³/mol. The van der Waals surface area contributed by atoms with Gasteiger partial charge in [-0.15, -0.1) is 0 Å². The second kappa shape index (κ2) is 8.82. The van der Waals surface area contributed by atoms with E-state index in [0.29, 0.717) is 23.8 Å². The molecule has 1 amide bonds. The minimum atomic E-state index is -0.0415. The van der Waals surface area contributed by atoms with Crippen molar-refractivity contribution >= 4 is 5.91 Å². The summed E-state index contributed by atoms with van der Waals surface area (Å²) < 4.78 is 15.9. The van der Waals surface area contributed by atoms with Crippen molar-refractivity contribution in [2.24, 2.45) is 0 Å². The number of carbonyl (C=O) groups excluding carboxylic acids is 1. The van der Waals surface area contributed by atoms with Gasteiger partial charge in [0.15, 0.2) is 11.5 Å². The van der Waals surface area contributed by atoms with Gasteiger partial charge in [-0.3, -0.25) is 4.79 Å². The van der Waals surface area contributed by atoms with Gasteiger partial charge in [-0.25, -0.2) is 0 Å². The second-order valence-corrected chi connectivity index (χ2v) is 5.30. The SMILES string of the molecule is COc1cc(CC(=O)NCCc2ccccc2)cc(OC)c1OC. The Morgan fingerprint density at radius 1 is 0.917 bits per heavy atom. The van der Waals surface area contributed by atoms with Crippen LogP contribution in [-0.2, 0) is 17.6 Å². The van der Waals surface area contributed by atoms with Crippen LogP contribution in [0.25, 0.3) is 0 Å². The fourth-order valence-corrected chi connectivity index (χ4v) is 2.48. The molecule has 0 heterocycles. The molecule has 0 aliphatic rings. The second-order valence-electron chi connectivity index (χ2n) is 5.30. The summed E-state index contributed by atoms with van der Waals surface area (Å²) in [6.07, 6.45) is 1.06. The van der Waals surface area contributed by atoms with Crippen molar-refractivity contribution < 1.29 is 19.0 Å². The van der Waals surface area contributed by atoms with E-state index in [1.54, 1.807) is 33.5 Å². The lowest BCUT2D eigenvalue weighted by Gasteiger charge is -2.14. The maximum atomic E-state index is 12.1. The molecule has 0 saturated heterocycles. The Bertz CT molecular complexity index is 645. The number of benzene rings is 2. The molecule has 0 radical (unpaired) electrons. The Labute approximate surface area is 142 Å². The molecule has 0 unspecified atom stereocenters. The van der Waals surface area contributed by atoms with Gasteiger partial charge in [0.2, 0.25) is 11.7 Å². The number of rotatable bonds is 8. The quantitative estimate of drug-likeness (QED) is 0.809. The van der Waals surface area contributed by atoms with Gasteiger partial charge in [0.05, 0.1) is 27.8 Å². The zero-order chi connectivity index (χ0) is 17.4. The molecule has 2 rings (SSSR count). The molecular weight excluding hydrogens is 306 g/mol. The van der Waals surface area contributed by atoms with Crippen LogP contribution in [0.5, 0.6) is 17.2 Å². The zero-order valence-corrected chi connectivity index (χ0v) is 14.3. The van der Waals surface area contributed by atoms with Gasteiger partial charge in [0.25, 0.3) is 0 Å². The standard InChI is InChI=1S/C19H23NO4/c1-22-16-11-15(12-17(23-2)19(16)24-3)13-18(21)20-10-9-14-7-5-4-6-8-14/h4-8,11-12H,9-10,13H2,1-3H3,(H,20,21). The van der Waals surface area contributed by atoms with Crippen molar-refractivity contribution in [3.05, 3.63) is 53.6 Å². The Morgan fingerprint density at radius 2 is 1.54 bits per heavy atom. The molecular formula is C19H23NO4. The van der Waals surface area contributed by atoms with E-state index in [0.717, 1.165) is 12.0 Å². The summed E-state index contributed by atoms with van der Waals surface area (Å²) in [5, 5.41) is 2.93. The largest absolute Gasteiger partial charge is 0.493 e. The first-order valence-electron chi connectivity index (χ1n) is 7.77. The molecule has 0 spiro atoms. The molecule has 0 bridgehead atoms. The molecule has 5 nitrogen and oxygen atoms in total. The molecule has 128 valence electrons. The summed E-state index contributed by atoms with van der Waals surface area (Å²) in [4.78, 5) is 12.1. The van der Waals surface area contributed by atoms with Gasteiger partial charge in [-0.05, 0) is 29.7 Å². The summed E-state index contributed by atoms with van der Waals surface area (Å²) >= 11 is 0. The number of hydrogen-bond acceptors (Lipinski definition) is 4. The fourth-order valence-electron chi connectivity index (χ4n) is 2.48. The van der Waals surface area contributed by atoms with E-state index >= 15 is 0 Å². The lowest BCUT2D eigenvalue weighted by Crippen LogP contribution is -2.27. The molecule has 0 atom stereocenters. The summed E-state index contributed by atoms with van der Waals surface area (Å²) in [6.45, 7) is 0.604. The van der Waals surface area contributed by atoms with Gasteiger partial charge >= 0.3 is 0 Å². The molecule has 0 aliphatic heterocycles. The van der Waals surface area contributed by atoms with Gasteiger partial charge in [-0.1, -0.05) is 30.3 Å². The zero-order valence-electron chi connectivity index (χ0n) is 14.3. The Morgan fingerprint density at radius 3 is 2.08 bits per heavy atom. The molecule has 0 aromatic heterocycles. The van der Waals surface area contributed by atoms with Crippen LogP contribution in [0.3, 0.4) is 0 Å². The highest BCUT2D eigenvalue weighted by atomic mass is 16.5. The van der Waals surface area contributed by atoms with E-state index in [-0.39, 0.29) is 12.3 Å². The third-order valence-corrected chi connectivity index (χ3v) is 3.67. The maximum Gasteiger partial charge on any atom is 0.224 e. The smallest absolute Gasteiger partial charge is 0.224 e. The first kappa shape index (κ1) is 17.7. The van der Waals surface area contributed by atoms with Crippen molar-refractivity contribution in [2.45, 2.75) is 12.8 Å². The lowest BCUT2D eigenvalue weighted by atomic mass is 10.1. The normalized spacial score (nSPS) is 10.1. The molecule has 0 saturated carbocycles. The number of methoxy groups -OCH3 is 3. The van der Waals surface area contributed by atoms with Gasteiger partial charge in [-0.2, -0.15) is 0 Å². The van der Waals surface area contributed by atoms with Crippen LogP contribution in [0.1, 0.15) is 11.1 Å². The number of hydrogen-bond donors (Lipinski definition) is 1. The van der Waals surface area contributed by atoms with E-state index in [2.05, 4.69) is 5.32 Å². The van der Waals surface area contributed by atoms with Crippen molar-refractivity contribution in [1.29, 1.82) is 0 Å². The minimum absolute atomic E-state index is 0.0415. The van der Waals surface area contributed by atoms with Crippen molar-refractivity contribution in [2.75, 3.05) is 27.9 Å². The molecule has 0 fully saturated rings. The third kappa shape index (κ3) is 4.65. The van der Waals surface area contributed by atoms with E-state index in [1.165, 1.54) is 5.56 Å². The topological polar surface area (TPSA) is 56.8 Å². The van der Waals surface area contributed by atoms with Crippen molar-refractivity contribution in [3.63, 3.8) is 0 Å². The van der Waals surface area contributed by atoms with Crippen molar-refractivity contribution in [3.8, 4) is 17.2 Å². The van der Waals surface area contributed by atoms with Crippen LogP contribution in [0.15, 0.2) is 42.5 Å². The van der Waals surface area contributed by atoms with Crippen molar-refractivity contribution in [1.82, 2.24) is 5.32 Å². The van der Waals surface area contributed by atoms with E-state index in [1.807, 2.05) is 30.3 Å². The number of carbonyl (C=O) groups is 1. The summed E-state index contributed by atoms with van der Waals surface area (Å²) in [6, 6.07) is 13.6. The Balaban J connectivity index is 1.96. The van der Waals surface area contributed by atoms with Gasteiger partial charge in [0.1, 0.15) is 0 Å². The first-order valence-corrected chi connectivity index (χ1v) is 7.77.